The summed E-state index contributed by atoms with van der Waals surface area (Å²) in [6.45, 7) is 1.97. The molecule has 136 valence electrons. The topological polar surface area (TPSA) is 106 Å². The first-order valence-electron chi connectivity index (χ1n) is 9.20. The molecule has 5 heterocycles. The highest BCUT2D eigenvalue weighted by atomic mass is 32.1. The van der Waals surface area contributed by atoms with Gasteiger partial charge in [0.25, 0.3) is 0 Å². The maximum Gasteiger partial charge on any atom is 0.236 e. The molecular formula is C17H22N8S. The van der Waals surface area contributed by atoms with Gasteiger partial charge < -0.3 is 10.6 Å². The van der Waals surface area contributed by atoms with Crippen LogP contribution in [-0.2, 0) is 0 Å². The Morgan fingerprint density at radius 1 is 1.42 bits per heavy atom. The van der Waals surface area contributed by atoms with Gasteiger partial charge >= 0.3 is 0 Å². The quantitative estimate of drug-likeness (QED) is 0.718. The van der Waals surface area contributed by atoms with Gasteiger partial charge in [0.05, 0.1) is 6.07 Å². The molecule has 3 aliphatic rings. The number of nitrogens with zero attached hydrogens (tertiary/aromatic N) is 5. The van der Waals surface area contributed by atoms with E-state index in [0.717, 1.165) is 35.9 Å². The summed E-state index contributed by atoms with van der Waals surface area (Å²) in [5, 5.41) is 23.4. The Bertz CT molecular complexity index is 835. The van der Waals surface area contributed by atoms with Crippen molar-refractivity contribution in [1.82, 2.24) is 24.5 Å². The minimum absolute atomic E-state index is 0.369. The fourth-order valence-electron chi connectivity index (χ4n) is 5.21. The van der Waals surface area contributed by atoms with Crippen LogP contribution in [0, 0.1) is 18.3 Å². The molecule has 0 aromatic carbocycles. The van der Waals surface area contributed by atoms with E-state index in [4.69, 9.17) is 5.26 Å². The van der Waals surface area contributed by atoms with E-state index in [2.05, 4.69) is 41.2 Å². The van der Waals surface area contributed by atoms with Crippen molar-refractivity contribution < 1.29 is 0 Å². The van der Waals surface area contributed by atoms with E-state index < -0.39 is 0 Å². The van der Waals surface area contributed by atoms with Crippen molar-refractivity contribution in [3.8, 4) is 6.07 Å². The van der Waals surface area contributed by atoms with Crippen LogP contribution >= 0.6 is 11.5 Å². The van der Waals surface area contributed by atoms with Crippen LogP contribution < -0.4 is 10.6 Å². The molecule has 26 heavy (non-hydrogen) atoms. The number of nitrogens with one attached hydrogen (secondary N) is 3. The van der Waals surface area contributed by atoms with Crippen LogP contribution in [0.4, 0.5) is 16.9 Å². The molecular weight excluding hydrogens is 348 g/mol. The number of aromatic nitrogens is 4. The fraction of sp³-hybridized carbons (Fsp3) is 0.647. The monoisotopic (exact) mass is 370 g/mol. The molecule has 0 amide bonds. The molecule has 0 bridgehead atoms. The Labute approximate surface area is 156 Å². The van der Waals surface area contributed by atoms with Gasteiger partial charge in [-0.2, -0.15) is 19.7 Å². The normalized spacial score (nSPS) is 32.1. The number of anilines is 3. The highest BCUT2D eigenvalue weighted by molar-refractivity contribution is 7.10. The summed E-state index contributed by atoms with van der Waals surface area (Å²) in [5.74, 6) is 1.47. The first-order valence-corrected chi connectivity index (χ1v) is 9.97. The summed E-state index contributed by atoms with van der Waals surface area (Å²) in [6, 6.07) is 6.02. The van der Waals surface area contributed by atoms with Crippen LogP contribution in [0.5, 0.6) is 0 Å². The molecule has 3 aliphatic heterocycles. The van der Waals surface area contributed by atoms with Gasteiger partial charge in [0.2, 0.25) is 11.1 Å². The number of H-pyrrole nitrogens is 1. The zero-order valence-corrected chi connectivity index (χ0v) is 15.5. The average molecular weight is 370 g/mol. The largest absolute Gasteiger partial charge is 0.351 e. The van der Waals surface area contributed by atoms with E-state index in [1.807, 2.05) is 13.0 Å². The Hall–Kier alpha value is -2.18. The van der Waals surface area contributed by atoms with Crippen molar-refractivity contribution in [2.45, 2.75) is 69.1 Å². The minimum atomic E-state index is 0.369. The van der Waals surface area contributed by atoms with E-state index >= 15 is 0 Å². The first-order chi connectivity index (χ1) is 12.6. The van der Waals surface area contributed by atoms with E-state index in [9.17, 15) is 0 Å². The molecule has 3 saturated heterocycles. The third kappa shape index (κ3) is 2.56. The maximum absolute atomic E-state index is 8.86. The lowest BCUT2D eigenvalue weighted by atomic mass is 9.57. The highest BCUT2D eigenvalue weighted by Gasteiger charge is 2.64. The van der Waals surface area contributed by atoms with Gasteiger partial charge in [-0.25, -0.2) is 0 Å². The summed E-state index contributed by atoms with van der Waals surface area (Å²) < 4.78 is 4.44. The lowest BCUT2D eigenvalue weighted by Gasteiger charge is -2.74. The Balaban J connectivity index is 1.17. The molecule has 2 aromatic heterocycles. The van der Waals surface area contributed by atoms with Crippen LogP contribution in [0.15, 0.2) is 6.07 Å². The molecule has 2 unspecified atom stereocenters. The van der Waals surface area contributed by atoms with Gasteiger partial charge in [0.1, 0.15) is 0 Å². The molecule has 0 spiro atoms. The predicted molar refractivity (Wildman–Crippen MR) is 99.4 cm³/mol. The Morgan fingerprint density at radius 3 is 2.92 bits per heavy atom. The number of aromatic amines is 1. The third-order valence-electron chi connectivity index (χ3n) is 6.08. The van der Waals surface area contributed by atoms with Crippen LogP contribution in [-0.4, -0.2) is 48.1 Å². The minimum Gasteiger partial charge on any atom is -0.351 e. The standard InChI is InChI=1S/C17H22N8S/c1-10-5-14(23-22-10)20-16-21-15(24-26-16)19-11-6-12-8-17(3-2-4-18)9-13(7-11)25(12)17/h5,11-13H,2-3,6-9H2,1H3,(H3,19,20,21,22,23,24). The Kier molecular flexibility index (Phi) is 3.65. The zero-order valence-electron chi connectivity index (χ0n) is 14.7. The molecule has 3 N–H and O–H groups in total. The van der Waals surface area contributed by atoms with Crippen LogP contribution in [0.3, 0.4) is 0 Å². The smallest absolute Gasteiger partial charge is 0.236 e. The van der Waals surface area contributed by atoms with E-state index in [0.29, 0.717) is 36.0 Å². The lowest BCUT2D eigenvalue weighted by Crippen LogP contribution is -2.81. The number of aryl methyl sites for hydroxylation is 1. The van der Waals surface area contributed by atoms with E-state index in [-0.39, 0.29) is 0 Å². The van der Waals surface area contributed by atoms with Gasteiger partial charge in [-0.05, 0) is 39.0 Å². The van der Waals surface area contributed by atoms with Crippen molar-refractivity contribution in [1.29, 1.82) is 5.26 Å². The molecule has 5 rings (SSSR count). The summed E-state index contributed by atoms with van der Waals surface area (Å²) in [6.07, 6.45) is 6.52. The van der Waals surface area contributed by atoms with Crippen molar-refractivity contribution in [3.05, 3.63) is 11.8 Å². The number of hydrogen-bond donors (Lipinski definition) is 3. The Morgan fingerprint density at radius 2 is 2.23 bits per heavy atom. The fourth-order valence-corrected chi connectivity index (χ4v) is 5.75. The van der Waals surface area contributed by atoms with E-state index in [1.165, 1.54) is 24.4 Å². The summed E-state index contributed by atoms with van der Waals surface area (Å²) >= 11 is 1.35. The zero-order chi connectivity index (χ0) is 17.7. The number of nitriles is 1. The van der Waals surface area contributed by atoms with Crippen molar-refractivity contribution in [2.75, 3.05) is 10.6 Å². The van der Waals surface area contributed by atoms with Crippen molar-refractivity contribution in [2.24, 2.45) is 0 Å². The first kappa shape index (κ1) is 16.0. The maximum atomic E-state index is 8.86. The summed E-state index contributed by atoms with van der Waals surface area (Å²) in [5.41, 5.74) is 1.38. The highest BCUT2D eigenvalue weighted by Crippen LogP contribution is 2.58. The van der Waals surface area contributed by atoms with E-state index in [1.54, 1.807) is 0 Å². The van der Waals surface area contributed by atoms with Gasteiger partial charge in [-0.15, -0.1) is 0 Å². The summed E-state index contributed by atoms with van der Waals surface area (Å²) in [4.78, 5) is 7.23. The van der Waals surface area contributed by atoms with Crippen LogP contribution in [0.1, 0.15) is 44.2 Å². The second kappa shape index (κ2) is 5.93. The molecule has 0 aliphatic carbocycles. The number of piperidine rings is 2. The van der Waals surface area contributed by atoms with Gasteiger partial charge in [0.15, 0.2) is 5.82 Å². The average Bonchev–Trinajstić information content (AvgIpc) is 3.18. The molecule has 2 atom stereocenters. The molecule has 0 saturated carbocycles. The molecule has 3 fully saturated rings. The van der Waals surface area contributed by atoms with Gasteiger partial charge in [0, 0.05) is 53.4 Å². The second-order valence-corrected chi connectivity index (χ2v) is 8.55. The lowest BCUT2D eigenvalue weighted by molar-refractivity contribution is -0.222. The number of rotatable bonds is 6. The molecule has 2 aromatic rings. The molecule has 0 radical (unpaired) electrons. The predicted octanol–water partition coefficient (Wildman–Crippen LogP) is 2.78. The SMILES string of the molecule is Cc1cc(Nc2nc(NC3CC4CC5(CCC#N)CC(C3)N45)ns2)n[nH]1. The number of hydrogen-bond acceptors (Lipinski definition) is 8. The second-order valence-electron chi connectivity index (χ2n) is 7.80. The van der Waals surface area contributed by atoms with Crippen LogP contribution in [0.25, 0.3) is 0 Å². The molecule has 8 nitrogen and oxygen atoms in total. The summed E-state index contributed by atoms with van der Waals surface area (Å²) in [7, 11) is 0. The van der Waals surface area contributed by atoms with Gasteiger partial charge in [-0.1, -0.05) is 0 Å². The van der Waals surface area contributed by atoms with Crippen molar-refractivity contribution >= 4 is 28.4 Å². The van der Waals surface area contributed by atoms with Crippen molar-refractivity contribution in [3.63, 3.8) is 0 Å². The third-order valence-corrected chi connectivity index (χ3v) is 6.71. The van der Waals surface area contributed by atoms with Gasteiger partial charge in [-0.3, -0.25) is 10.00 Å². The van der Waals surface area contributed by atoms with Crippen LogP contribution in [0.2, 0.25) is 0 Å². The molecule has 9 heteroatoms.